The number of thiazole rings is 1. The van der Waals surface area contributed by atoms with Crippen molar-refractivity contribution in [3.8, 4) is 0 Å². The fourth-order valence-corrected chi connectivity index (χ4v) is 4.57. The molecule has 1 saturated heterocycles. The van der Waals surface area contributed by atoms with Gasteiger partial charge in [-0.1, -0.05) is 36.4 Å². The van der Waals surface area contributed by atoms with Crippen LogP contribution in [0.3, 0.4) is 0 Å². The lowest BCUT2D eigenvalue weighted by Crippen LogP contribution is -2.41. The van der Waals surface area contributed by atoms with Gasteiger partial charge >= 0.3 is 0 Å². The number of amides is 2. The van der Waals surface area contributed by atoms with Crippen LogP contribution >= 0.6 is 11.3 Å². The number of nitrogens with zero attached hydrogens (tertiary/aromatic N) is 3. The van der Waals surface area contributed by atoms with Gasteiger partial charge in [-0.2, -0.15) is 0 Å². The Bertz CT molecular complexity index is 1070. The minimum Gasteiger partial charge on any atom is -0.379 e. The maximum absolute atomic E-state index is 13.5. The zero-order valence-corrected chi connectivity index (χ0v) is 19.1. The van der Waals surface area contributed by atoms with Crippen molar-refractivity contribution in [2.45, 2.75) is 13.3 Å². The van der Waals surface area contributed by atoms with Crippen molar-refractivity contribution in [2.75, 3.05) is 51.3 Å². The van der Waals surface area contributed by atoms with Gasteiger partial charge in [0.05, 0.1) is 13.2 Å². The zero-order valence-electron chi connectivity index (χ0n) is 18.3. The first kappa shape index (κ1) is 22.4. The fraction of sp³-hybridized carbons (Fsp3) is 0.375. The van der Waals surface area contributed by atoms with Crippen molar-refractivity contribution in [3.05, 3.63) is 59.1 Å². The molecule has 0 radical (unpaired) electrons. The fourth-order valence-electron chi connectivity index (χ4n) is 3.89. The summed E-state index contributed by atoms with van der Waals surface area (Å²) in [5, 5.41) is 5.28. The number of morpholine rings is 1. The average molecular weight is 453 g/mol. The van der Waals surface area contributed by atoms with Crippen molar-refractivity contribution >= 4 is 39.1 Å². The first-order chi connectivity index (χ1) is 15.6. The van der Waals surface area contributed by atoms with Crippen molar-refractivity contribution < 1.29 is 14.3 Å². The van der Waals surface area contributed by atoms with Gasteiger partial charge in [-0.05, 0) is 30.2 Å². The number of aromatic nitrogens is 1. The third-order valence-electron chi connectivity index (χ3n) is 5.52. The van der Waals surface area contributed by atoms with Gasteiger partial charge in [-0.3, -0.25) is 14.5 Å². The van der Waals surface area contributed by atoms with Gasteiger partial charge in [0.2, 0.25) is 5.91 Å². The summed E-state index contributed by atoms with van der Waals surface area (Å²) in [5.41, 5.74) is 0.618. The van der Waals surface area contributed by atoms with Crippen molar-refractivity contribution in [2.24, 2.45) is 0 Å². The van der Waals surface area contributed by atoms with E-state index in [1.807, 2.05) is 49.4 Å². The van der Waals surface area contributed by atoms with Gasteiger partial charge in [0.25, 0.3) is 5.91 Å². The topological polar surface area (TPSA) is 74.8 Å². The molecule has 0 saturated carbocycles. The monoisotopic (exact) mass is 452 g/mol. The lowest BCUT2D eigenvalue weighted by Gasteiger charge is -2.28. The summed E-state index contributed by atoms with van der Waals surface area (Å²) in [5.74, 6) is -0.367. The molecule has 0 spiro atoms. The van der Waals surface area contributed by atoms with E-state index in [1.54, 1.807) is 11.1 Å². The Morgan fingerprint density at radius 2 is 1.94 bits per heavy atom. The number of ether oxygens (including phenoxy) is 1. The lowest BCUT2D eigenvalue weighted by molar-refractivity contribution is -0.116. The molecule has 8 heteroatoms. The lowest BCUT2D eigenvalue weighted by atomic mass is 10.0. The summed E-state index contributed by atoms with van der Waals surface area (Å²) in [4.78, 5) is 35.5. The standard InChI is InChI=1S/C24H28N4O3S/c1-18-16-25-24(32-18)26-22(29)17-28(11-5-10-27-12-14-31-15-13-27)23(30)21-9-4-7-19-6-2-3-8-20(19)21/h2-4,6-9,16H,5,10-15,17H2,1H3,(H,25,26,29). The van der Waals surface area contributed by atoms with Crippen LogP contribution in [0.25, 0.3) is 10.8 Å². The molecule has 2 aromatic carbocycles. The van der Waals surface area contributed by atoms with E-state index >= 15 is 0 Å². The summed E-state index contributed by atoms with van der Waals surface area (Å²) in [7, 11) is 0. The number of hydrogen-bond donors (Lipinski definition) is 1. The van der Waals surface area contributed by atoms with Crippen LogP contribution in [-0.4, -0.2) is 72.5 Å². The molecule has 1 aliphatic heterocycles. The van der Waals surface area contributed by atoms with Crippen LogP contribution in [0.5, 0.6) is 0 Å². The molecule has 32 heavy (non-hydrogen) atoms. The van der Waals surface area contributed by atoms with Crippen molar-refractivity contribution in [1.29, 1.82) is 0 Å². The predicted octanol–water partition coefficient (Wildman–Crippen LogP) is 3.41. The summed E-state index contributed by atoms with van der Waals surface area (Å²) in [6.07, 6.45) is 2.52. The molecule has 0 bridgehead atoms. The van der Waals surface area contributed by atoms with Crippen LogP contribution in [0.1, 0.15) is 21.7 Å². The summed E-state index contributed by atoms with van der Waals surface area (Å²) in [6.45, 7) is 6.60. The molecule has 7 nitrogen and oxygen atoms in total. The molecule has 2 heterocycles. The summed E-state index contributed by atoms with van der Waals surface area (Å²) < 4.78 is 5.41. The molecule has 1 aliphatic rings. The highest BCUT2D eigenvalue weighted by Gasteiger charge is 2.21. The number of nitrogens with one attached hydrogen (secondary N) is 1. The Balaban J connectivity index is 1.48. The highest BCUT2D eigenvalue weighted by molar-refractivity contribution is 7.15. The summed E-state index contributed by atoms with van der Waals surface area (Å²) in [6, 6.07) is 13.5. The number of aryl methyl sites for hydroxylation is 1. The highest BCUT2D eigenvalue weighted by Crippen LogP contribution is 2.21. The molecule has 168 valence electrons. The average Bonchev–Trinajstić information content (AvgIpc) is 3.22. The first-order valence-electron chi connectivity index (χ1n) is 10.9. The van der Waals surface area contributed by atoms with Gasteiger partial charge in [0.1, 0.15) is 6.54 Å². The van der Waals surface area contributed by atoms with E-state index in [0.29, 0.717) is 17.2 Å². The number of anilines is 1. The number of rotatable bonds is 8. The van der Waals surface area contributed by atoms with Gasteiger partial charge < -0.3 is 15.0 Å². The number of benzene rings is 2. The second kappa shape index (κ2) is 10.7. The Kier molecular flexibility index (Phi) is 7.47. The number of carbonyl (C=O) groups is 2. The van der Waals surface area contributed by atoms with E-state index in [9.17, 15) is 9.59 Å². The minimum atomic E-state index is -0.237. The molecule has 0 atom stereocenters. The van der Waals surface area contributed by atoms with E-state index in [-0.39, 0.29) is 18.4 Å². The van der Waals surface area contributed by atoms with Gasteiger partial charge in [-0.25, -0.2) is 4.98 Å². The second-order valence-corrected chi connectivity index (χ2v) is 9.12. The summed E-state index contributed by atoms with van der Waals surface area (Å²) >= 11 is 1.42. The Hall–Kier alpha value is -2.81. The molecule has 0 unspecified atom stereocenters. The Morgan fingerprint density at radius 1 is 1.16 bits per heavy atom. The maximum atomic E-state index is 13.5. The normalized spacial score (nSPS) is 14.4. The zero-order chi connectivity index (χ0) is 22.3. The molecule has 0 aliphatic carbocycles. The molecule has 3 aromatic rings. The van der Waals surface area contributed by atoms with E-state index < -0.39 is 0 Å². The molecular formula is C24H28N4O3S. The largest absolute Gasteiger partial charge is 0.379 e. The van der Waals surface area contributed by atoms with Crippen LogP contribution < -0.4 is 5.32 Å². The van der Waals surface area contributed by atoms with E-state index in [0.717, 1.165) is 54.9 Å². The third kappa shape index (κ3) is 5.70. The molecule has 2 amide bonds. The minimum absolute atomic E-state index is 0.0101. The number of carbonyl (C=O) groups excluding carboxylic acids is 2. The SMILES string of the molecule is Cc1cnc(NC(=O)CN(CCCN2CCOCC2)C(=O)c2cccc3ccccc23)s1. The predicted molar refractivity (Wildman–Crippen MR) is 127 cm³/mol. The van der Waals surface area contributed by atoms with Crippen LogP contribution in [0, 0.1) is 6.92 Å². The van der Waals surface area contributed by atoms with Crippen molar-refractivity contribution in [3.63, 3.8) is 0 Å². The highest BCUT2D eigenvalue weighted by atomic mass is 32.1. The van der Waals surface area contributed by atoms with Crippen molar-refractivity contribution in [1.82, 2.24) is 14.8 Å². The quantitative estimate of drug-likeness (QED) is 0.567. The molecule has 4 rings (SSSR count). The molecular weight excluding hydrogens is 424 g/mol. The van der Waals surface area contributed by atoms with Gasteiger partial charge in [-0.15, -0.1) is 11.3 Å². The maximum Gasteiger partial charge on any atom is 0.254 e. The van der Waals surface area contributed by atoms with Crippen LogP contribution in [-0.2, 0) is 9.53 Å². The molecule has 1 aromatic heterocycles. The number of hydrogen-bond acceptors (Lipinski definition) is 6. The van der Waals surface area contributed by atoms with Gasteiger partial charge in [0.15, 0.2) is 5.13 Å². The van der Waals surface area contributed by atoms with Crippen LogP contribution in [0.4, 0.5) is 5.13 Å². The Labute approximate surface area is 192 Å². The van der Waals surface area contributed by atoms with Gasteiger partial charge in [0, 0.05) is 42.8 Å². The molecule has 1 fully saturated rings. The smallest absolute Gasteiger partial charge is 0.254 e. The first-order valence-corrected chi connectivity index (χ1v) is 11.7. The van der Waals surface area contributed by atoms with E-state index in [1.165, 1.54) is 11.3 Å². The van der Waals surface area contributed by atoms with Crippen LogP contribution in [0.15, 0.2) is 48.7 Å². The second-order valence-electron chi connectivity index (χ2n) is 7.89. The van der Waals surface area contributed by atoms with Crippen LogP contribution in [0.2, 0.25) is 0 Å². The van der Waals surface area contributed by atoms with E-state index in [2.05, 4.69) is 15.2 Å². The van der Waals surface area contributed by atoms with E-state index in [4.69, 9.17) is 4.74 Å². The third-order valence-corrected chi connectivity index (χ3v) is 6.34. The number of fused-ring (bicyclic) bond motifs is 1. The molecule has 1 N–H and O–H groups in total. The Morgan fingerprint density at radius 3 is 2.72 bits per heavy atom.